The molecule has 0 saturated carbocycles. The molecule has 0 bridgehead atoms. The molecule has 1 heterocycles. The molecule has 2 rings (SSSR count). The number of aromatic nitrogens is 1. The van der Waals surface area contributed by atoms with Gasteiger partial charge in [0.25, 0.3) is 5.56 Å². The zero-order valence-corrected chi connectivity index (χ0v) is 16.9. The first-order chi connectivity index (χ1) is 12.3. The largest absolute Gasteiger partial charge is 0.396 e. The minimum absolute atomic E-state index is 0.0909. The lowest BCUT2D eigenvalue weighted by atomic mass is 10.0. The second kappa shape index (κ2) is 9.14. The van der Waals surface area contributed by atoms with Gasteiger partial charge in [-0.1, -0.05) is 26.0 Å². The number of hydrogen-bond donors (Lipinski definition) is 3. The smallest absolute Gasteiger partial charge is 0.253 e. The van der Waals surface area contributed by atoms with Crippen LogP contribution in [0.1, 0.15) is 37.0 Å². The summed E-state index contributed by atoms with van der Waals surface area (Å²) in [5.41, 5.74) is 3.72. The van der Waals surface area contributed by atoms with Crippen LogP contribution in [0.3, 0.4) is 0 Å². The van der Waals surface area contributed by atoms with Crippen molar-refractivity contribution in [1.82, 2.24) is 15.2 Å². The van der Waals surface area contributed by atoms with E-state index in [2.05, 4.69) is 30.2 Å². The van der Waals surface area contributed by atoms with Crippen LogP contribution < -0.4 is 10.9 Å². The lowest BCUT2D eigenvalue weighted by Crippen LogP contribution is -2.42. The van der Waals surface area contributed by atoms with Crippen molar-refractivity contribution in [2.45, 2.75) is 40.7 Å². The Morgan fingerprint density at radius 1 is 1.35 bits per heavy atom. The number of nitrogens with one attached hydrogen (secondary N) is 2. The number of thiocarbonyl (C=S) groups is 1. The molecule has 1 aromatic carbocycles. The molecule has 26 heavy (non-hydrogen) atoms. The van der Waals surface area contributed by atoms with Gasteiger partial charge in [0.1, 0.15) is 0 Å². The Labute approximate surface area is 160 Å². The Morgan fingerprint density at radius 2 is 2.08 bits per heavy atom. The number of aliphatic hydroxyl groups is 1. The highest BCUT2D eigenvalue weighted by atomic mass is 32.1. The van der Waals surface area contributed by atoms with Gasteiger partial charge in [0, 0.05) is 25.3 Å². The van der Waals surface area contributed by atoms with Gasteiger partial charge in [-0.15, -0.1) is 0 Å². The average molecular weight is 376 g/mol. The maximum Gasteiger partial charge on any atom is 0.253 e. The average Bonchev–Trinajstić information content (AvgIpc) is 2.60. The second-order valence-electron chi connectivity index (χ2n) is 7.17. The quantitative estimate of drug-likeness (QED) is 0.649. The van der Waals surface area contributed by atoms with E-state index in [1.54, 1.807) is 0 Å². The van der Waals surface area contributed by atoms with E-state index < -0.39 is 0 Å². The number of aryl methyl sites for hydroxylation is 2. The molecule has 0 aliphatic heterocycles. The van der Waals surface area contributed by atoms with Gasteiger partial charge in [0.05, 0.1) is 12.1 Å². The van der Waals surface area contributed by atoms with Crippen molar-refractivity contribution in [2.24, 2.45) is 5.92 Å². The highest BCUT2D eigenvalue weighted by Crippen LogP contribution is 2.19. The third kappa shape index (κ3) is 5.05. The summed E-state index contributed by atoms with van der Waals surface area (Å²) in [6.07, 6.45) is 0.604. The predicted molar refractivity (Wildman–Crippen MR) is 112 cm³/mol. The Kier molecular flexibility index (Phi) is 7.17. The molecule has 1 aromatic heterocycles. The third-order valence-corrected chi connectivity index (χ3v) is 4.93. The number of hydrogen-bond acceptors (Lipinski definition) is 3. The van der Waals surface area contributed by atoms with E-state index in [1.165, 1.54) is 0 Å². The standard InChI is InChI=1S/C20H29N3O2S/c1-13(2)11-21-20(26)23(8-5-9-24)12-17-10-16-7-6-14(3)15(4)18(16)22-19(17)25/h6-7,10,13,24H,5,8-9,11-12H2,1-4H3,(H,21,26)(H,22,25). The second-order valence-corrected chi connectivity index (χ2v) is 7.56. The summed E-state index contributed by atoms with van der Waals surface area (Å²) in [5.74, 6) is 0.475. The van der Waals surface area contributed by atoms with Crippen LogP contribution in [-0.4, -0.2) is 39.8 Å². The zero-order valence-electron chi connectivity index (χ0n) is 16.1. The number of pyridine rings is 1. The molecule has 0 aliphatic rings. The molecule has 0 amide bonds. The Bertz CT molecular complexity index is 830. The van der Waals surface area contributed by atoms with Gasteiger partial charge in [-0.3, -0.25) is 4.79 Å². The topological polar surface area (TPSA) is 68.4 Å². The minimum atomic E-state index is -0.0909. The van der Waals surface area contributed by atoms with Crippen LogP contribution in [-0.2, 0) is 6.54 Å². The fourth-order valence-electron chi connectivity index (χ4n) is 2.81. The Morgan fingerprint density at radius 3 is 2.73 bits per heavy atom. The first-order valence-electron chi connectivity index (χ1n) is 9.09. The summed E-state index contributed by atoms with van der Waals surface area (Å²) in [7, 11) is 0. The summed E-state index contributed by atoms with van der Waals surface area (Å²) in [4.78, 5) is 17.6. The lowest BCUT2D eigenvalue weighted by Gasteiger charge is -2.26. The summed E-state index contributed by atoms with van der Waals surface area (Å²) in [5, 5.41) is 14.1. The van der Waals surface area contributed by atoms with Crippen molar-refractivity contribution in [1.29, 1.82) is 0 Å². The number of fused-ring (bicyclic) bond motifs is 1. The molecule has 3 N–H and O–H groups in total. The van der Waals surface area contributed by atoms with Gasteiger partial charge in [0.2, 0.25) is 0 Å². The molecule has 0 fully saturated rings. The van der Waals surface area contributed by atoms with E-state index in [-0.39, 0.29) is 12.2 Å². The minimum Gasteiger partial charge on any atom is -0.396 e. The maximum atomic E-state index is 12.6. The van der Waals surface area contributed by atoms with Crippen LogP contribution in [0, 0.1) is 19.8 Å². The molecular weight excluding hydrogens is 346 g/mol. The molecule has 0 spiro atoms. The van der Waals surface area contributed by atoms with E-state index in [9.17, 15) is 9.90 Å². The molecule has 0 aliphatic carbocycles. The third-order valence-electron chi connectivity index (χ3n) is 4.52. The van der Waals surface area contributed by atoms with Crippen LogP contribution in [0.5, 0.6) is 0 Å². The molecule has 0 atom stereocenters. The van der Waals surface area contributed by atoms with Crippen molar-refractivity contribution < 1.29 is 5.11 Å². The summed E-state index contributed by atoms with van der Waals surface area (Å²) >= 11 is 5.50. The summed E-state index contributed by atoms with van der Waals surface area (Å²) in [6, 6.07) is 6.04. The number of H-pyrrole nitrogens is 1. The van der Waals surface area contributed by atoms with Gasteiger partial charge in [-0.05, 0) is 61.0 Å². The first-order valence-corrected chi connectivity index (χ1v) is 9.50. The van der Waals surface area contributed by atoms with Crippen LogP contribution in [0.4, 0.5) is 0 Å². The fraction of sp³-hybridized carbons (Fsp3) is 0.500. The molecule has 5 nitrogen and oxygen atoms in total. The van der Waals surface area contributed by atoms with Crippen molar-refractivity contribution >= 4 is 28.2 Å². The van der Waals surface area contributed by atoms with E-state index in [4.69, 9.17) is 12.2 Å². The Hall–Kier alpha value is -1.92. The predicted octanol–water partition coefficient (Wildman–Crippen LogP) is 2.86. The van der Waals surface area contributed by atoms with Gasteiger partial charge in [-0.2, -0.15) is 0 Å². The first kappa shape index (κ1) is 20.4. The Balaban J connectivity index is 2.29. The van der Waals surface area contributed by atoms with Crippen LogP contribution in [0.25, 0.3) is 10.9 Å². The molecule has 2 aromatic rings. The van der Waals surface area contributed by atoms with Crippen molar-refractivity contribution in [3.05, 3.63) is 45.2 Å². The van der Waals surface area contributed by atoms with E-state index in [0.717, 1.165) is 28.6 Å². The highest BCUT2D eigenvalue weighted by Gasteiger charge is 2.14. The van der Waals surface area contributed by atoms with E-state index in [1.807, 2.05) is 30.9 Å². The van der Waals surface area contributed by atoms with Crippen molar-refractivity contribution in [3.8, 4) is 0 Å². The van der Waals surface area contributed by atoms with Gasteiger partial charge in [-0.25, -0.2) is 0 Å². The van der Waals surface area contributed by atoms with Gasteiger partial charge in [0.15, 0.2) is 5.11 Å². The number of aliphatic hydroxyl groups excluding tert-OH is 1. The maximum absolute atomic E-state index is 12.6. The lowest BCUT2D eigenvalue weighted by molar-refractivity contribution is 0.264. The number of rotatable bonds is 7. The summed E-state index contributed by atoms with van der Waals surface area (Å²) < 4.78 is 0. The number of aromatic amines is 1. The number of nitrogens with zero attached hydrogens (tertiary/aromatic N) is 1. The van der Waals surface area contributed by atoms with Crippen molar-refractivity contribution in [3.63, 3.8) is 0 Å². The molecule has 0 radical (unpaired) electrons. The van der Waals surface area contributed by atoms with Gasteiger partial charge >= 0.3 is 0 Å². The molecule has 142 valence electrons. The van der Waals surface area contributed by atoms with E-state index >= 15 is 0 Å². The van der Waals surface area contributed by atoms with Crippen molar-refractivity contribution in [2.75, 3.05) is 19.7 Å². The fourth-order valence-corrected chi connectivity index (χ4v) is 3.05. The van der Waals surface area contributed by atoms with Gasteiger partial charge < -0.3 is 20.3 Å². The SMILES string of the molecule is Cc1ccc2cc(CN(CCCO)C(=S)NCC(C)C)c(=O)[nH]c2c1C. The molecular formula is C20H29N3O2S. The van der Waals surface area contributed by atoms with Crippen LogP contribution in [0.2, 0.25) is 0 Å². The normalized spacial score (nSPS) is 11.2. The molecule has 0 unspecified atom stereocenters. The van der Waals surface area contributed by atoms with E-state index in [0.29, 0.717) is 36.1 Å². The summed E-state index contributed by atoms with van der Waals surface area (Å²) in [6.45, 7) is 10.2. The monoisotopic (exact) mass is 375 g/mol. The van der Waals surface area contributed by atoms with Crippen LogP contribution >= 0.6 is 12.2 Å². The molecule has 0 saturated heterocycles. The number of benzene rings is 1. The highest BCUT2D eigenvalue weighted by molar-refractivity contribution is 7.80. The molecule has 6 heteroatoms. The zero-order chi connectivity index (χ0) is 19.3. The van der Waals surface area contributed by atoms with Crippen LogP contribution in [0.15, 0.2) is 23.0 Å².